The van der Waals surface area contributed by atoms with Gasteiger partial charge in [0, 0.05) is 12.1 Å². The van der Waals surface area contributed by atoms with Crippen LogP contribution in [-0.2, 0) is 9.47 Å². The molecule has 36 heavy (non-hydrogen) atoms. The van der Waals surface area contributed by atoms with Gasteiger partial charge in [0.05, 0.1) is 46.9 Å². The first-order chi connectivity index (χ1) is 17.3. The van der Waals surface area contributed by atoms with Gasteiger partial charge in [-0.2, -0.15) is 0 Å². The van der Waals surface area contributed by atoms with E-state index < -0.39 is 22.4 Å². The third-order valence-electron chi connectivity index (χ3n) is 5.33. The summed E-state index contributed by atoms with van der Waals surface area (Å²) in [7, 11) is 2.40. The van der Waals surface area contributed by atoms with Gasteiger partial charge >= 0.3 is 11.9 Å². The maximum Gasteiger partial charge on any atom is 0.337 e. The molecular weight excluding hydrogens is 466 g/mol. The van der Waals surface area contributed by atoms with Crippen LogP contribution in [0.1, 0.15) is 32.1 Å². The number of carbonyl (C=O) groups is 2. The molecule has 1 heterocycles. The van der Waals surface area contributed by atoms with Gasteiger partial charge in [-0.25, -0.2) is 14.6 Å². The second-order valence-electron chi connectivity index (χ2n) is 7.56. The summed E-state index contributed by atoms with van der Waals surface area (Å²) in [6.07, 6.45) is 3.10. The van der Waals surface area contributed by atoms with Gasteiger partial charge in [-0.3, -0.25) is 19.5 Å². The highest BCUT2D eigenvalue weighted by Gasteiger charge is 2.18. The summed E-state index contributed by atoms with van der Waals surface area (Å²) in [6, 6.07) is 16.8. The molecular formula is C26H19N3O7. The molecule has 0 N–H and O–H groups in total. The molecule has 0 saturated carbocycles. The third-order valence-corrected chi connectivity index (χ3v) is 5.33. The zero-order chi connectivity index (χ0) is 25.8. The molecule has 0 fully saturated rings. The van der Waals surface area contributed by atoms with Gasteiger partial charge in [0.2, 0.25) is 0 Å². The van der Waals surface area contributed by atoms with Crippen LogP contribution in [0.4, 0.5) is 5.69 Å². The Kier molecular flexibility index (Phi) is 6.68. The largest absolute Gasteiger partial charge is 0.465 e. The van der Waals surface area contributed by atoms with Gasteiger partial charge in [0.15, 0.2) is 0 Å². The SMILES string of the molecule is COC(=O)c1cc(C(=O)OC)cc(-n2c(C=Cc3cccc([N+](=O)[O-])c3)nc3ccccc3c2=O)c1. The fourth-order valence-corrected chi connectivity index (χ4v) is 3.64. The lowest BCUT2D eigenvalue weighted by Gasteiger charge is -2.14. The van der Waals surface area contributed by atoms with E-state index >= 15 is 0 Å². The van der Waals surface area contributed by atoms with Crippen LogP contribution in [0.15, 0.2) is 71.5 Å². The minimum absolute atomic E-state index is 0.0315. The fourth-order valence-electron chi connectivity index (χ4n) is 3.64. The molecule has 0 saturated heterocycles. The maximum atomic E-state index is 13.6. The number of nitro benzene ring substituents is 1. The molecule has 1 aromatic heterocycles. The zero-order valence-electron chi connectivity index (χ0n) is 19.2. The number of non-ortho nitro benzene ring substituents is 1. The second kappa shape index (κ2) is 10.0. The number of hydrogen-bond acceptors (Lipinski definition) is 8. The van der Waals surface area contributed by atoms with Crippen molar-refractivity contribution in [3.05, 3.63) is 110 Å². The van der Waals surface area contributed by atoms with Crippen LogP contribution in [0.5, 0.6) is 0 Å². The first-order valence-electron chi connectivity index (χ1n) is 10.6. The van der Waals surface area contributed by atoms with E-state index in [1.165, 1.54) is 55.2 Å². The molecule has 0 unspecified atom stereocenters. The molecule has 0 aliphatic rings. The van der Waals surface area contributed by atoms with Crippen molar-refractivity contribution in [2.24, 2.45) is 0 Å². The summed E-state index contributed by atoms with van der Waals surface area (Å²) in [5, 5.41) is 11.4. The summed E-state index contributed by atoms with van der Waals surface area (Å²) in [6.45, 7) is 0. The van der Waals surface area contributed by atoms with E-state index in [1.807, 2.05) is 0 Å². The van der Waals surface area contributed by atoms with E-state index in [4.69, 9.17) is 9.47 Å². The highest BCUT2D eigenvalue weighted by atomic mass is 16.6. The number of methoxy groups -OCH3 is 2. The Balaban J connectivity index is 1.98. The Hall–Kier alpha value is -5.12. The molecule has 3 aromatic carbocycles. The van der Waals surface area contributed by atoms with E-state index in [-0.39, 0.29) is 28.3 Å². The van der Waals surface area contributed by atoms with Crippen molar-refractivity contribution in [2.45, 2.75) is 0 Å². The van der Waals surface area contributed by atoms with Crippen LogP contribution in [0, 0.1) is 10.1 Å². The quantitative estimate of drug-likeness (QED) is 0.227. The van der Waals surface area contributed by atoms with Gasteiger partial charge in [0.25, 0.3) is 11.2 Å². The number of para-hydroxylation sites is 1. The van der Waals surface area contributed by atoms with E-state index in [1.54, 1.807) is 42.5 Å². The van der Waals surface area contributed by atoms with Crippen molar-refractivity contribution in [1.29, 1.82) is 0 Å². The zero-order valence-corrected chi connectivity index (χ0v) is 19.2. The summed E-state index contributed by atoms with van der Waals surface area (Å²) in [4.78, 5) is 53.4. The maximum absolute atomic E-state index is 13.6. The van der Waals surface area contributed by atoms with Crippen molar-refractivity contribution < 1.29 is 24.0 Å². The first kappa shape index (κ1) is 24.0. The van der Waals surface area contributed by atoms with E-state index in [0.29, 0.717) is 16.5 Å². The van der Waals surface area contributed by atoms with Crippen molar-refractivity contribution in [3.63, 3.8) is 0 Å². The topological polar surface area (TPSA) is 131 Å². The number of rotatable bonds is 6. The van der Waals surface area contributed by atoms with Gasteiger partial charge in [-0.05, 0) is 42.0 Å². The third kappa shape index (κ3) is 4.73. The normalized spacial score (nSPS) is 10.9. The van der Waals surface area contributed by atoms with Gasteiger partial charge in [-0.15, -0.1) is 0 Å². The minimum Gasteiger partial charge on any atom is -0.465 e. The molecule has 0 aliphatic heterocycles. The Bertz CT molecular complexity index is 1570. The first-order valence-corrected chi connectivity index (χ1v) is 10.6. The Morgan fingerprint density at radius 2 is 1.58 bits per heavy atom. The van der Waals surface area contributed by atoms with Gasteiger partial charge in [-0.1, -0.05) is 30.3 Å². The number of fused-ring (bicyclic) bond motifs is 1. The van der Waals surface area contributed by atoms with Crippen molar-refractivity contribution in [2.75, 3.05) is 14.2 Å². The molecule has 4 aromatic rings. The van der Waals surface area contributed by atoms with Crippen molar-refractivity contribution in [1.82, 2.24) is 9.55 Å². The van der Waals surface area contributed by atoms with E-state index in [0.717, 1.165) is 0 Å². The summed E-state index contributed by atoms with van der Waals surface area (Å²) in [5.41, 5.74) is 0.645. The lowest BCUT2D eigenvalue weighted by Crippen LogP contribution is -2.23. The lowest BCUT2D eigenvalue weighted by atomic mass is 10.1. The number of nitro groups is 1. The average molecular weight is 485 g/mol. The smallest absolute Gasteiger partial charge is 0.337 e. The Morgan fingerprint density at radius 3 is 2.22 bits per heavy atom. The van der Waals surface area contributed by atoms with Crippen LogP contribution in [0.2, 0.25) is 0 Å². The number of hydrogen-bond donors (Lipinski definition) is 0. The van der Waals surface area contributed by atoms with Crippen LogP contribution in [0.3, 0.4) is 0 Å². The highest BCUT2D eigenvalue weighted by molar-refractivity contribution is 5.96. The van der Waals surface area contributed by atoms with E-state index in [2.05, 4.69) is 4.98 Å². The fraction of sp³-hybridized carbons (Fsp3) is 0.0769. The van der Waals surface area contributed by atoms with E-state index in [9.17, 15) is 24.5 Å². The molecule has 0 bridgehead atoms. The van der Waals surface area contributed by atoms with Crippen LogP contribution >= 0.6 is 0 Å². The average Bonchev–Trinajstić information content (AvgIpc) is 2.90. The number of ether oxygens (including phenoxy) is 2. The number of aromatic nitrogens is 2. The molecule has 4 rings (SSSR count). The van der Waals surface area contributed by atoms with Crippen molar-refractivity contribution >= 4 is 40.7 Å². The number of benzene rings is 3. The predicted octanol–water partition coefficient (Wildman–Crippen LogP) is 4.04. The molecule has 0 atom stereocenters. The summed E-state index contributed by atoms with van der Waals surface area (Å²) >= 11 is 0. The predicted molar refractivity (Wildman–Crippen MR) is 132 cm³/mol. The van der Waals surface area contributed by atoms with Gasteiger partial charge in [0.1, 0.15) is 5.82 Å². The van der Waals surface area contributed by atoms with Crippen molar-refractivity contribution in [3.8, 4) is 5.69 Å². The monoisotopic (exact) mass is 485 g/mol. The molecule has 10 heteroatoms. The molecule has 180 valence electrons. The second-order valence-corrected chi connectivity index (χ2v) is 7.56. The minimum atomic E-state index is -0.711. The number of esters is 2. The molecule has 0 spiro atoms. The van der Waals surface area contributed by atoms with Gasteiger partial charge < -0.3 is 9.47 Å². The Labute approximate surface area is 204 Å². The summed E-state index contributed by atoms with van der Waals surface area (Å²) < 4.78 is 10.8. The number of carbonyl (C=O) groups excluding carboxylic acids is 2. The summed E-state index contributed by atoms with van der Waals surface area (Å²) in [5.74, 6) is -1.25. The molecule has 0 radical (unpaired) electrons. The molecule has 10 nitrogen and oxygen atoms in total. The van der Waals surface area contributed by atoms with Crippen LogP contribution < -0.4 is 5.56 Å². The molecule has 0 aliphatic carbocycles. The number of nitrogens with zero attached hydrogens (tertiary/aromatic N) is 3. The van der Waals surface area contributed by atoms with Crippen LogP contribution in [-0.4, -0.2) is 40.6 Å². The molecule has 0 amide bonds. The highest BCUT2D eigenvalue weighted by Crippen LogP contribution is 2.21. The lowest BCUT2D eigenvalue weighted by molar-refractivity contribution is -0.384. The standard InChI is InChI=1S/C26H19N3O7/c1-35-25(31)17-13-18(26(32)36-2)15-20(14-17)28-23(27-22-9-4-3-8-21(22)24(28)30)11-10-16-6-5-7-19(12-16)29(33)34/h3-15H,1-2H3. The Morgan fingerprint density at radius 1 is 0.917 bits per heavy atom. The van der Waals surface area contributed by atoms with Crippen LogP contribution in [0.25, 0.3) is 28.7 Å².